The van der Waals surface area contributed by atoms with Crippen molar-refractivity contribution in [3.63, 3.8) is 0 Å². The molecule has 1 heterocycles. The van der Waals surface area contributed by atoms with Crippen molar-refractivity contribution in [1.82, 2.24) is 10.2 Å². The van der Waals surface area contributed by atoms with Crippen LogP contribution in [0, 0.1) is 0 Å². The SMILES string of the molecule is CC(N)C(=O)NCCN1CCCCCC1. The first kappa shape index (κ1) is 12.5. The second-order valence-electron chi connectivity index (χ2n) is 4.34. The van der Waals surface area contributed by atoms with Crippen LogP contribution in [0.1, 0.15) is 32.6 Å². The fourth-order valence-electron chi connectivity index (χ4n) is 1.86. The van der Waals surface area contributed by atoms with Gasteiger partial charge >= 0.3 is 0 Å². The number of carbonyl (C=O) groups excluding carboxylic acids is 1. The van der Waals surface area contributed by atoms with Crippen LogP contribution in [0.5, 0.6) is 0 Å². The molecule has 1 amide bonds. The van der Waals surface area contributed by atoms with Crippen molar-refractivity contribution < 1.29 is 4.79 Å². The summed E-state index contributed by atoms with van der Waals surface area (Å²) in [7, 11) is 0. The summed E-state index contributed by atoms with van der Waals surface area (Å²) < 4.78 is 0. The van der Waals surface area contributed by atoms with Gasteiger partial charge in [-0.05, 0) is 32.9 Å². The second kappa shape index (κ2) is 6.80. The number of carbonyl (C=O) groups is 1. The lowest BCUT2D eigenvalue weighted by atomic mass is 10.2. The predicted octanol–water partition coefficient (Wildman–Crippen LogP) is 0.326. The van der Waals surface area contributed by atoms with Crippen molar-refractivity contribution >= 4 is 5.91 Å². The maximum Gasteiger partial charge on any atom is 0.236 e. The molecule has 0 aromatic carbocycles. The smallest absolute Gasteiger partial charge is 0.236 e. The van der Waals surface area contributed by atoms with Crippen molar-refractivity contribution in [2.24, 2.45) is 5.73 Å². The van der Waals surface area contributed by atoms with Crippen molar-refractivity contribution in [2.45, 2.75) is 38.6 Å². The van der Waals surface area contributed by atoms with E-state index in [2.05, 4.69) is 10.2 Å². The molecule has 0 aromatic heterocycles. The molecule has 88 valence electrons. The monoisotopic (exact) mass is 213 g/mol. The molecule has 1 saturated heterocycles. The first-order valence-electron chi connectivity index (χ1n) is 5.96. The molecule has 1 atom stereocenters. The number of nitrogens with zero attached hydrogens (tertiary/aromatic N) is 1. The summed E-state index contributed by atoms with van der Waals surface area (Å²) >= 11 is 0. The number of amides is 1. The lowest BCUT2D eigenvalue weighted by Crippen LogP contribution is -2.42. The first-order chi connectivity index (χ1) is 7.20. The van der Waals surface area contributed by atoms with Gasteiger partial charge in [0.2, 0.25) is 5.91 Å². The summed E-state index contributed by atoms with van der Waals surface area (Å²) in [4.78, 5) is 13.6. The number of rotatable bonds is 4. The van der Waals surface area contributed by atoms with Crippen LogP contribution < -0.4 is 11.1 Å². The molecule has 1 aliphatic heterocycles. The largest absolute Gasteiger partial charge is 0.353 e. The Hall–Kier alpha value is -0.610. The van der Waals surface area contributed by atoms with E-state index in [0.29, 0.717) is 0 Å². The second-order valence-corrected chi connectivity index (χ2v) is 4.34. The third-order valence-electron chi connectivity index (χ3n) is 2.84. The fraction of sp³-hybridized carbons (Fsp3) is 0.909. The van der Waals surface area contributed by atoms with Gasteiger partial charge < -0.3 is 16.0 Å². The van der Waals surface area contributed by atoms with E-state index in [4.69, 9.17) is 5.73 Å². The quantitative estimate of drug-likeness (QED) is 0.707. The Labute approximate surface area is 92.2 Å². The maximum absolute atomic E-state index is 11.2. The van der Waals surface area contributed by atoms with Gasteiger partial charge in [-0.3, -0.25) is 4.79 Å². The number of likely N-dealkylation sites (tertiary alicyclic amines) is 1. The average Bonchev–Trinajstić information content (AvgIpc) is 2.46. The minimum atomic E-state index is -0.394. The molecule has 1 aliphatic rings. The van der Waals surface area contributed by atoms with Crippen molar-refractivity contribution in [3.8, 4) is 0 Å². The van der Waals surface area contributed by atoms with Gasteiger partial charge in [0.1, 0.15) is 0 Å². The van der Waals surface area contributed by atoms with Crippen molar-refractivity contribution in [1.29, 1.82) is 0 Å². The normalized spacial score (nSPS) is 20.7. The predicted molar refractivity (Wildman–Crippen MR) is 61.6 cm³/mol. The summed E-state index contributed by atoms with van der Waals surface area (Å²) in [5.74, 6) is -0.0511. The van der Waals surface area contributed by atoms with Crippen LogP contribution in [-0.2, 0) is 4.79 Å². The molecule has 1 fully saturated rings. The van der Waals surface area contributed by atoms with Crippen molar-refractivity contribution in [2.75, 3.05) is 26.2 Å². The van der Waals surface area contributed by atoms with Crippen LogP contribution in [0.4, 0.5) is 0 Å². The molecule has 0 aliphatic carbocycles. The van der Waals surface area contributed by atoms with Crippen LogP contribution in [0.2, 0.25) is 0 Å². The Morgan fingerprint density at radius 2 is 1.93 bits per heavy atom. The zero-order chi connectivity index (χ0) is 11.1. The van der Waals surface area contributed by atoms with Crippen molar-refractivity contribution in [3.05, 3.63) is 0 Å². The van der Waals surface area contributed by atoms with Gasteiger partial charge in [0, 0.05) is 13.1 Å². The van der Waals surface area contributed by atoms with E-state index in [-0.39, 0.29) is 5.91 Å². The molecule has 3 N–H and O–H groups in total. The molecule has 1 unspecified atom stereocenters. The average molecular weight is 213 g/mol. The summed E-state index contributed by atoms with van der Waals surface area (Å²) in [6.07, 6.45) is 5.29. The Bertz CT molecular complexity index is 186. The molecular formula is C11H23N3O. The van der Waals surface area contributed by atoms with Gasteiger partial charge in [-0.15, -0.1) is 0 Å². The maximum atomic E-state index is 11.2. The first-order valence-corrected chi connectivity index (χ1v) is 5.96. The van der Waals surface area contributed by atoms with E-state index in [9.17, 15) is 4.79 Å². The molecule has 15 heavy (non-hydrogen) atoms. The number of hydrogen-bond acceptors (Lipinski definition) is 3. The zero-order valence-corrected chi connectivity index (χ0v) is 9.67. The molecule has 0 aromatic rings. The number of nitrogens with one attached hydrogen (secondary N) is 1. The van der Waals surface area contributed by atoms with Crippen LogP contribution in [0.15, 0.2) is 0 Å². The third kappa shape index (κ3) is 5.14. The van der Waals surface area contributed by atoms with Gasteiger partial charge in [0.15, 0.2) is 0 Å². The highest BCUT2D eigenvalue weighted by Crippen LogP contribution is 2.08. The highest BCUT2D eigenvalue weighted by atomic mass is 16.2. The third-order valence-corrected chi connectivity index (χ3v) is 2.84. The lowest BCUT2D eigenvalue weighted by molar-refractivity contribution is -0.122. The van der Waals surface area contributed by atoms with E-state index < -0.39 is 6.04 Å². The molecule has 4 nitrogen and oxygen atoms in total. The summed E-state index contributed by atoms with van der Waals surface area (Å²) in [5.41, 5.74) is 5.45. The van der Waals surface area contributed by atoms with Crippen LogP contribution in [0.25, 0.3) is 0 Å². The Kier molecular flexibility index (Phi) is 5.65. The Morgan fingerprint density at radius 3 is 2.47 bits per heavy atom. The fourth-order valence-corrected chi connectivity index (χ4v) is 1.86. The number of hydrogen-bond donors (Lipinski definition) is 2. The Morgan fingerprint density at radius 1 is 1.33 bits per heavy atom. The standard InChI is InChI=1S/C11H23N3O/c1-10(12)11(15)13-6-9-14-7-4-2-3-5-8-14/h10H,2-9,12H2,1H3,(H,13,15). The lowest BCUT2D eigenvalue weighted by Gasteiger charge is -2.20. The summed E-state index contributed by atoms with van der Waals surface area (Å²) in [6.45, 7) is 5.74. The summed E-state index contributed by atoms with van der Waals surface area (Å²) in [5, 5.41) is 2.84. The molecule has 0 radical (unpaired) electrons. The number of nitrogens with two attached hydrogens (primary N) is 1. The highest BCUT2D eigenvalue weighted by molar-refractivity contribution is 5.80. The van der Waals surface area contributed by atoms with Gasteiger partial charge in [-0.25, -0.2) is 0 Å². The van der Waals surface area contributed by atoms with Gasteiger partial charge in [-0.1, -0.05) is 12.8 Å². The molecular weight excluding hydrogens is 190 g/mol. The Balaban J connectivity index is 2.10. The van der Waals surface area contributed by atoms with E-state index in [1.165, 1.54) is 38.8 Å². The van der Waals surface area contributed by atoms with Gasteiger partial charge in [0.05, 0.1) is 6.04 Å². The van der Waals surface area contributed by atoms with Gasteiger partial charge in [-0.2, -0.15) is 0 Å². The minimum absolute atomic E-state index is 0.0511. The van der Waals surface area contributed by atoms with Gasteiger partial charge in [0.25, 0.3) is 0 Å². The van der Waals surface area contributed by atoms with E-state index in [1.54, 1.807) is 6.92 Å². The molecule has 1 rings (SSSR count). The molecule has 4 heteroatoms. The van der Waals surface area contributed by atoms with Crippen LogP contribution >= 0.6 is 0 Å². The molecule has 0 spiro atoms. The summed E-state index contributed by atoms with van der Waals surface area (Å²) in [6, 6.07) is -0.394. The minimum Gasteiger partial charge on any atom is -0.353 e. The molecule has 0 bridgehead atoms. The molecule has 0 saturated carbocycles. The highest BCUT2D eigenvalue weighted by Gasteiger charge is 2.10. The van der Waals surface area contributed by atoms with Crippen LogP contribution in [0.3, 0.4) is 0 Å². The van der Waals surface area contributed by atoms with E-state index in [0.717, 1.165) is 13.1 Å². The van der Waals surface area contributed by atoms with E-state index in [1.807, 2.05) is 0 Å². The van der Waals surface area contributed by atoms with Crippen LogP contribution in [-0.4, -0.2) is 43.0 Å². The topological polar surface area (TPSA) is 58.4 Å². The van der Waals surface area contributed by atoms with E-state index >= 15 is 0 Å². The zero-order valence-electron chi connectivity index (χ0n) is 9.67.